The van der Waals surface area contributed by atoms with Crippen LogP contribution >= 0.6 is 19.6 Å². The van der Waals surface area contributed by atoms with Gasteiger partial charge in [0, 0.05) is 22.4 Å². The van der Waals surface area contributed by atoms with Gasteiger partial charge in [-0.15, -0.1) is 11.8 Å². The fraction of sp³-hybridized carbons (Fsp3) is 0.257. The van der Waals surface area contributed by atoms with Crippen molar-refractivity contribution in [2.45, 2.75) is 42.5 Å². The summed E-state index contributed by atoms with van der Waals surface area (Å²) in [5.41, 5.74) is -1.53. The lowest BCUT2D eigenvalue weighted by Gasteiger charge is -2.40. The van der Waals surface area contributed by atoms with Crippen molar-refractivity contribution in [1.82, 2.24) is 14.8 Å². The minimum Gasteiger partial charge on any atom is -0.447 e. The van der Waals surface area contributed by atoms with Gasteiger partial charge in [-0.3, -0.25) is 4.52 Å². The summed E-state index contributed by atoms with van der Waals surface area (Å²) in [6.07, 6.45) is 8.23. The van der Waals surface area contributed by atoms with Gasteiger partial charge >= 0.3 is 13.8 Å². The lowest BCUT2D eigenvalue weighted by atomic mass is 9.89. The Morgan fingerprint density at radius 1 is 1.13 bits per heavy atom. The first-order valence-electron chi connectivity index (χ1n) is 15.6. The maximum absolute atomic E-state index is 15.8. The van der Waals surface area contributed by atoms with Crippen LogP contribution in [0.4, 0.5) is 13.2 Å². The number of halogens is 3. The molecule has 0 aliphatic carbocycles. The van der Waals surface area contributed by atoms with Gasteiger partial charge in [0.05, 0.1) is 48.8 Å². The van der Waals surface area contributed by atoms with Crippen LogP contribution in [0.15, 0.2) is 91.5 Å². The molecule has 2 atom stereocenters. The summed E-state index contributed by atoms with van der Waals surface area (Å²) < 4.78 is 79.5. The summed E-state index contributed by atoms with van der Waals surface area (Å²) in [5.74, 6) is -3.36. The number of hydrogen-bond acceptors (Lipinski definition) is 10. The number of benzene rings is 3. The van der Waals surface area contributed by atoms with Crippen molar-refractivity contribution in [2.75, 3.05) is 13.2 Å². The number of aromatic nitrogens is 3. The largest absolute Gasteiger partial charge is 0.469 e. The Labute approximate surface area is 300 Å². The van der Waals surface area contributed by atoms with E-state index in [4.69, 9.17) is 19.5 Å². The lowest BCUT2D eigenvalue weighted by molar-refractivity contribution is -0.146. The summed E-state index contributed by atoms with van der Waals surface area (Å²) in [5, 5.41) is 11.9. The predicted molar refractivity (Wildman–Crippen MR) is 183 cm³/mol. The predicted octanol–water partition coefficient (Wildman–Crippen LogP) is 6.06. The molecule has 52 heavy (non-hydrogen) atoms. The van der Waals surface area contributed by atoms with Gasteiger partial charge in [-0.2, -0.15) is 10.4 Å². The monoisotopic (exact) mass is 756 g/mol. The van der Waals surface area contributed by atoms with Crippen LogP contribution < -0.4 is 0 Å². The number of allylic oxidation sites excluding steroid dienone is 2. The highest BCUT2D eigenvalue weighted by atomic mass is 32.2. The van der Waals surface area contributed by atoms with E-state index in [0.717, 1.165) is 12.1 Å². The van der Waals surface area contributed by atoms with Gasteiger partial charge in [0.2, 0.25) is 0 Å². The quantitative estimate of drug-likeness (QED) is 0.0869. The molecule has 2 N–H and O–H groups in total. The Morgan fingerprint density at radius 3 is 2.58 bits per heavy atom. The molecule has 0 saturated carbocycles. The van der Waals surface area contributed by atoms with Crippen LogP contribution in [-0.2, 0) is 42.1 Å². The van der Waals surface area contributed by atoms with Crippen LogP contribution in [0, 0.1) is 28.8 Å². The second kappa shape index (κ2) is 17.3. The van der Waals surface area contributed by atoms with Crippen LogP contribution in [0.1, 0.15) is 39.5 Å². The molecule has 3 aromatic carbocycles. The zero-order chi connectivity index (χ0) is 37.3. The van der Waals surface area contributed by atoms with E-state index in [1.807, 2.05) is 6.07 Å². The van der Waals surface area contributed by atoms with Crippen LogP contribution in [0.5, 0.6) is 0 Å². The number of carbonyl (C=O) groups excluding carboxylic acids is 1. The van der Waals surface area contributed by atoms with E-state index in [0.29, 0.717) is 11.6 Å². The Morgan fingerprint density at radius 2 is 1.90 bits per heavy atom. The number of phosphoric acid groups is 1. The van der Waals surface area contributed by atoms with E-state index in [2.05, 4.69) is 14.6 Å². The Hall–Kier alpha value is -4.59. The van der Waals surface area contributed by atoms with Gasteiger partial charge in [-0.1, -0.05) is 42.5 Å². The summed E-state index contributed by atoms with van der Waals surface area (Å²) in [6, 6.07) is 14.7. The molecule has 0 radical (unpaired) electrons. The molecule has 5 rings (SSSR count). The van der Waals surface area contributed by atoms with Crippen molar-refractivity contribution in [1.29, 1.82) is 5.26 Å². The van der Waals surface area contributed by atoms with E-state index in [-0.39, 0.29) is 47.3 Å². The average Bonchev–Trinajstić information content (AvgIpc) is 3.63. The van der Waals surface area contributed by atoms with E-state index in [1.54, 1.807) is 25.2 Å². The lowest BCUT2D eigenvalue weighted by Crippen LogP contribution is -2.47. The average molecular weight is 757 g/mol. The van der Waals surface area contributed by atoms with Crippen LogP contribution in [-0.4, -0.2) is 60.5 Å². The molecule has 0 unspecified atom stereocenters. The third-order valence-electron chi connectivity index (χ3n) is 7.88. The molecular weight excluding hydrogens is 724 g/mol. The van der Waals surface area contributed by atoms with Gasteiger partial charge in [0.15, 0.2) is 11.9 Å². The van der Waals surface area contributed by atoms with Crippen LogP contribution in [0.2, 0.25) is 0 Å². The number of nitriles is 1. The maximum Gasteiger partial charge on any atom is 0.469 e. The van der Waals surface area contributed by atoms with Crippen molar-refractivity contribution in [2.24, 2.45) is 0 Å². The highest BCUT2D eigenvalue weighted by Crippen LogP contribution is 2.43. The van der Waals surface area contributed by atoms with E-state index < -0.39 is 55.0 Å². The number of hydrogen-bond donors (Lipinski definition) is 2. The molecule has 0 bridgehead atoms. The first kappa shape index (κ1) is 38.6. The topological polar surface area (TPSA) is 166 Å². The van der Waals surface area contributed by atoms with Crippen LogP contribution in [0.25, 0.3) is 6.08 Å². The highest BCUT2D eigenvalue weighted by Gasteiger charge is 2.47. The molecule has 2 heterocycles. The molecule has 1 fully saturated rings. The first-order chi connectivity index (χ1) is 24.9. The summed E-state index contributed by atoms with van der Waals surface area (Å²) >= 11 is 1.26. The number of nitrogens with zero attached hydrogens (tertiary/aromatic N) is 4. The van der Waals surface area contributed by atoms with Crippen molar-refractivity contribution >= 4 is 31.6 Å². The van der Waals surface area contributed by atoms with Gasteiger partial charge < -0.3 is 24.0 Å². The van der Waals surface area contributed by atoms with Crippen molar-refractivity contribution in [3.63, 3.8) is 0 Å². The molecule has 0 amide bonds. The molecule has 272 valence electrons. The molecule has 17 heteroatoms. The third-order valence-corrected chi connectivity index (χ3v) is 9.79. The molecule has 1 aliphatic rings. The molecular formula is C35H32F3N4O8PS. The third kappa shape index (κ3) is 10.0. The zero-order valence-electron chi connectivity index (χ0n) is 27.4. The highest BCUT2D eigenvalue weighted by molar-refractivity contribution is 8.00. The standard InChI is InChI=1S/C35H32F3N4O8PS/c1-23(52-28-18-47-33(48-19-28)9-5-3-6-25-11-10-24(16-39)14-31(25)37)35(20-42-22-40-21-41-42,30-13-12-27(36)15-32(30)38)50-34(43)29-8-4-2-7-26(29)17-49-51(44,45)46/h2-15,21-23,28,33H,17-20H2,1H3,(H2,44,45,46)/t23-,28-,33-,35-/m1/s1. The molecule has 4 aromatic rings. The second-order valence-corrected chi connectivity index (χ2v) is 14.3. The van der Waals surface area contributed by atoms with Gasteiger partial charge in [-0.05, 0) is 48.9 Å². The molecule has 1 aliphatic heterocycles. The number of ether oxygens (including phenoxy) is 3. The molecule has 1 saturated heterocycles. The van der Waals surface area contributed by atoms with Crippen molar-refractivity contribution < 1.29 is 51.1 Å². The molecule has 0 spiro atoms. The van der Waals surface area contributed by atoms with Gasteiger partial charge in [0.1, 0.15) is 30.1 Å². The fourth-order valence-corrected chi connectivity index (χ4v) is 7.01. The SMILES string of the molecule is C[C@@H](S[C@H]1CO[C@H](C=CC=Cc2ccc(C#N)cc2F)OC1)[C@@](Cn1cncn1)(OC(=O)c1ccccc1COP(=O)(O)O)c1ccc(F)cc1F. The Balaban J connectivity index is 1.37. The number of esters is 1. The second-order valence-electron chi connectivity index (χ2n) is 11.4. The molecule has 1 aromatic heterocycles. The summed E-state index contributed by atoms with van der Waals surface area (Å²) in [6.45, 7) is 1.14. The van der Waals surface area contributed by atoms with E-state index in [1.165, 1.54) is 77.6 Å². The Bertz CT molecular complexity index is 2020. The van der Waals surface area contributed by atoms with Crippen molar-refractivity contribution in [3.8, 4) is 6.07 Å². The van der Waals surface area contributed by atoms with Gasteiger partial charge in [0.25, 0.3) is 0 Å². The minimum atomic E-state index is -4.90. The van der Waals surface area contributed by atoms with Crippen LogP contribution in [0.3, 0.4) is 0 Å². The number of carbonyl (C=O) groups is 1. The van der Waals surface area contributed by atoms with E-state index >= 15 is 4.39 Å². The number of thioether (sulfide) groups is 1. The minimum absolute atomic E-state index is 0.0930. The normalized spacial score (nSPS) is 18.2. The van der Waals surface area contributed by atoms with Crippen molar-refractivity contribution in [3.05, 3.63) is 137 Å². The molecule has 12 nitrogen and oxygen atoms in total. The maximum atomic E-state index is 15.8. The van der Waals surface area contributed by atoms with E-state index in [9.17, 15) is 27.9 Å². The summed E-state index contributed by atoms with van der Waals surface area (Å²) in [7, 11) is -4.90. The summed E-state index contributed by atoms with van der Waals surface area (Å²) in [4.78, 5) is 36.4. The Kier molecular flexibility index (Phi) is 12.8. The number of phosphoric ester groups is 1. The zero-order valence-corrected chi connectivity index (χ0v) is 29.1. The van der Waals surface area contributed by atoms with Gasteiger partial charge in [-0.25, -0.2) is 32.2 Å². The smallest absolute Gasteiger partial charge is 0.447 e. The first-order valence-corrected chi connectivity index (χ1v) is 18.1. The fourth-order valence-electron chi connectivity index (χ4n) is 5.34. The number of rotatable bonds is 14.